The molecule has 118 valence electrons. The van der Waals surface area contributed by atoms with Gasteiger partial charge in [0.15, 0.2) is 0 Å². The highest BCUT2D eigenvalue weighted by atomic mass is 32.1. The minimum absolute atomic E-state index is 0.164. The van der Waals surface area contributed by atoms with Gasteiger partial charge in [-0.1, -0.05) is 12.1 Å². The second-order valence-electron chi connectivity index (χ2n) is 6.57. The van der Waals surface area contributed by atoms with E-state index in [1.165, 1.54) is 22.3 Å². The second kappa shape index (κ2) is 5.35. The Morgan fingerprint density at radius 3 is 2.62 bits per heavy atom. The Hall–Kier alpha value is -2.33. The molecule has 24 heavy (non-hydrogen) atoms. The molecule has 0 bridgehead atoms. The van der Waals surface area contributed by atoms with E-state index in [2.05, 4.69) is 28.2 Å². The van der Waals surface area contributed by atoms with E-state index in [9.17, 15) is 4.79 Å². The normalized spacial score (nSPS) is 18.7. The number of thiazole rings is 1. The average molecular weight is 332 g/mol. The van der Waals surface area contributed by atoms with Gasteiger partial charge in [-0.2, -0.15) is 0 Å². The number of rotatable bonds is 2. The summed E-state index contributed by atoms with van der Waals surface area (Å²) >= 11 is 1.63. The first kappa shape index (κ1) is 14.1. The number of carbonyl (C=O) groups excluding carboxylic acids is 1. The van der Waals surface area contributed by atoms with E-state index in [0.29, 0.717) is 12.2 Å². The average Bonchev–Trinajstić information content (AvgIpc) is 3.29. The molecule has 2 aliphatic rings. The lowest BCUT2D eigenvalue weighted by Crippen LogP contribution is -2.18. The molecule has 2 heterocycles. The number of hydrogen-bond acceptors (Lipinski definition) is 4. The van der Waals surface area contributed by atoms with Crippen molar-refractivity contribution in [1.82, 2.24) is 9.97 Å². The Labute approximate surface area is 144 Å². The Morgan fingerprint density at radius 2 is 1.79 bits per heavy atom. The SMILES string of the molecule is O=C1CCc2cc(-c3cncc(-c4nccs4)c3)cc3c2C1CC3. The number of hydrogen-bond donors (Lipinski definition) is 0. The summed E-state index contributed by atoms with van der Waals surface area (Å²) in [7, 11) is 0. The third-order valence-corrected chi connectivity index (χ3v) is 6.00. The first-order valence-corrected chi connectivity index (χ1v) is 9.21. The van der Waals surface area contributed by atoms with Crippen molar-refractivity contribution in [3.05, 3.63) is 58.9 Å². The van der Waals surface area contributed by atoms with Crippen LogP contribution in [0, 0.1) is 0 Å². The largest absolute Gasteiger partial charge is 0.299 e. The molecule has 2 aromatic heterocycles. The number of carbonyl (C=O) groups is 1. The van der Waals surface area contributed by atoms with Gasteiger partial charge in [-0.25, -0.2) is 4.98 Å². The molecule has 0 fully saturated rings. The van der Waals surface area contributed by atoms with Crippen LogP contribution in [0.2, 0.25) is 0 Å². The maximum Gasteiger partial charge on any atom is 0.140 e. The summed E-state index contributed by atoms with van der Waals surface area (Å²) in [4.78, 5) is 20.9. The fraction of sp³-hybridized carbons (Fsp3) is 0.250. The number of ketones is 1. The smallest absolute Gasteiger partial charge is 0.140 e. The number of nitrogens with zero attached hydrogens (tertiary/aromatic N) is 2. The van der Waals surface area contributed by atoms with E-state index in [-0.39, 0.29) is 5.92 Å². The summed E-state index contributed by atoms with van der Waals surface area (Å²) in [6, 6.07) is 6.70. The molecule has 0 spiro atoms. The third-order valence-electron chi connectivity index (χ3n) is 5.18. The zero-order chi connectivity index (χ0) is 16.1. The van der Waals surface area contributed by atoms with E-state index in [1.54, 1.807) is 11.3 Å². The Balaban J connectivity index is 1.62. The van der Waals surface area contributed by atoms with Crippen LogP contribution < -0.4 is 0 Å². The van der Waals surface area contributed by atoms with Crippen molar-refractivity contribution in [3.63, 3.8) is 0 Å². The van der Waals surface area contributed by atoms with Crippen molar-refractivity contribution in [2.45, 2.75) is 31.6 Å². The van der Waals surface area contributed by atoms with Gasteiger partial charge in [0.25, 0.3) is 0 Å². The molecule has 3 aromatic rings. The highest BCUT2D eigenvalue weighted by Crippen LogP contribution is 2.43. The Kier molecular flexibility index (Phi) is 3.13. The molecule has 3 nitrogen and oxygen atoms in total. The van der Waals surface area contributed by atoms with E-state index >= 15 is 0 Å². The third kappa shape index (κ3) is 2.13. The van der Waals surface area contributed by atoms with Crippen molar-refractivity contribution in [2.75, 3.05) is 0 Å². The van der Waals surface area contributed by atoms with Crippen molar-refractivity contribution >= 4 is 17.1 Å². The van der Waals surface area contributed by atoms with E-state index in [4.69, 9.17) is 0 Å². The summed E-state index contributed by atoms with van der Waals surface area (Å²) in [5.41, 5.74) is 7.46. The fourth-order valence-electron chi connectivity index (χ4n) is 4.09. The van der Waals surface area contributed by atoms with Crippen molar-refractivity contribution < 1.29 is 4.79 Å². The predicted octanol–water partition coefficient (Wildman–Crippen LogP) is 4.42. The summed E-state index contributed by atoms with van der Waals surface area (Å²) in [6.07, 6.45) is 9.20. The summed E-state index contributed by atoms with van der Waals surface area (Å²) in [5.74, 6) is 0.596. The molecule has 2 aliphatic carbocycles. The molecule has 0 aliphatic heterocycles. The molecule has 0 radical (unpaired) electrons. The topological polar surface area (TPSA) is 42.9 Å². The highest BCUT2D eigenvalue weighted by Gasteiger charge is 2.34. The van der Waals surface area contributed by atoms with Gasteiger partial charge in [0.05, 0.1) is 0 Å². The first-order chi connectivity index (χ1) is 11.8. The molecule has 5 rings (SSSR count). The molecule has 0 saturated carbocycles. The zero-order valence-electron chi connectivity index (χ0n) is 13.2. The Morgan fingerprint density at radius 1 is 0.958 bits per heavy atom. The van der Waals surface area contributed by atoms with Crippen LogP contribution in [0.4, 0.5) is 0 Å². The van der Waals surface area contributed by atoms with Gasteiger partial charge in [0.2, 0.25) is 0 Å². The number of Topliss-reactive ketones (excluding diaryl/α,β-unsaturated/α-hetero) is 1. The van der Waals surface area contributed by atoms with Crippen molar-refractivity contribution in [1.29, 1.82) is 0 Å². The molecular weight excluding hydrogens is 316 g/mol. The van der Waals surface area contributed by atoms with Gasteiger partial charge in [0, 0.05) is 47.4 Å². The van der Waals surface area contributed by atoms with Gasteiger partial charge < -0.3 is 0 Å². The quantitative estimate of drug-likeness (QED) is 0.698. The summed E-state index contributed by atoms with van der Waals surface area (Å²) in [5, 5.41) is 2.98. The van der Waals surface area contributed by atoms with Crippen LogP contribution in [0.25, 0.3) is 21.7 Å². The van der Waals surface area contributed by atoms with Gasteiger partial charge >= 0.3 is 0 Å². The van der Waals surface area contributed by atoms with Crippen LogP contribution in [0.3, 0.4) is 0 Å². The maximum absolute atomic E-state index is 12.1. The molecule has 4 heteroatoms. The molecule has 0 saturated heterocycles. The van der Waals surface area contributed by atoms with E-state index in [1.807, 2.05) is 24.0 Å². The second-order valence-corrected chi connectivity index (χ2v) is 7.46. The standard InChI is InChI=1S/C20H16N2OS/c23-18-4-2-13-8-14(7-12-1-3-17(18)19(12)13)15-9-16(11-21-10-15)20-22-5-6-24-20/h5-11,17H,1-4H2. The van der Waals surface area contributed by atoms with Crippen LogP contribution >= 0.6 is 11.3 Å². The lowest BCUT2D eigenvalue weighted by atomic mass is 9.82. The monoisotopic (exact) mass is 332 g/mol. The van der Waals surface area contributed by atoms with E-state index in [0.717, 1.165) is 35.4 Å². The molecule has 1 atom stereocenters. The van der Waals surface area contributed by atoms with Crippen LogP contribution in [0.5, 0.6) is 0 Å². The lowest BCUT2D eigenvalue weighted by molar-refractivity contribution is -0.120. The lowest BCUT2D eigenvalue weighted by Gasteiger charge is -2.21. The van der Waals surface area contributed by atoms with Gasteiger partial charge in [0.1, 0.15) is 10.8 Å². The molecule has 1 aromatic carbocycles. The van der Waals surface area contributed by atoms with Crippen LogP contribution in [0.15, 0.2) is 42.2 Å². The van der Waals surface area contributed by atoms with Gasteiger partial charge in [-0.05, 0) is 47.6 Å². The predicted molar refractivity (Wildman–Crippen MR) is 95.2 cm³/mol. The van der Waals surface area contributed by atoms with Crippen LogP contribution in [-0.4, -0.2) is 15.8 Å². The number of aryl methyl sites for hydroxylation is 2. The zero-order valence-corrected chi connectivity index (χ0v) is 14.0. The Bertz CT molecular complexity index is 946. The summed E-state index contributed by atoms with van der Waals surface area (Å²) < 4.78 is 0. The van der Waals surface area contributed by atoms with Gasteiger partial charge in [-0.3, -0.25) is 9.78 Å². The number of pyridine rings is 1. The first-order valence-electron chi connectivity index (χ1n) is 8.33. The van der Waals surface area contributed by atoms with Crippen molar-refractivity contribution in [2.24, 2.45) is 0 Å². The van der Waals surface area contributed by atoms with Crippen LogP contribution in [-0.2, 0) is 17.6 Å². The number of benzene rings is 1. The fourth-order valence-corrected chi connectivity index (χ4v) is 4.71. The van der Waals surface area contributed by atoms with Crippen molar-refractivity contribution in [3.8, 4) is 21.7 Å². The molecule has 0 amide bonds. The summed E-state index contributed by atoms with van der Waals surface area (Å²) in [6.45, 7) is 0. The van der Waals surface area contributed by atoms with E-state index < -0.39 is 0 Å². The molecule has 0 N–H and O–H groups in total. The molecule has 1 unspecified atom stereocenters. The van der Waals surface area contributed by atoms with Gasteiger partial charge in [-0.15, -0.1) is 11.3 Å². The minimum atomic E-state index is 0.164. The maximum atomic E-state index is 12.1. The molecular formula is C20H16N2OS. The van der Waals surface area contributed by atoms with Crippen LogP contribution in [0.1, 0.15) is 35.4 Å². The minimum Gasteiger partial charge on any atom is -0.299 e. The number of aromatic nitrogens is 2. The highest BCUT2D eigenvalue weighted by molar-refractivity contribution is 7.13.